The molecule has 3 aromatic carbocycles. The van der Waals surface area contributed by atoms with Crippen molar-refractivity contribution >= 4 is 44.1 Å². The molecule has 0 saturated heterocycles. The number of para-hydroxylation sites is 1. The van der Waals surface area contributed by atoms with Crippen LogP contribution in [0.4, 0.5) is 28.4 Å². The molecule has 2 N–H and O–H groups in total. The standard InChI is InChI=1S/C27H20F4N2O4S/c28-19-13-16(14-7-9-15(10-8-14)24(34)17-3-1-4-18(17)25(35)36)11-12-20(19)32-26-33-23-21(37-27(29,30)31)5-2-6-22(23)38-26/h2,5-13,17-18H,1,3-4H2,(H,32,33)(H,35,36)/t17-,18-/m1/s1. The van der Waals surface area contributed by atoms with Crippen LogP contribution >= 0.6 is 11.3 Å². The predicted molar refractivity (Wildman–Crippen MR) is 134 cm³/mol. The normalized spacial score (nSPS) is 17.5. The minimum Gasteiger partial charge on any atom is -0.481 e. The maximum atomic E-state index is 14.9. The molecule has 6 nitrogen and oxygen atoms in total. The van der Waals surface area contributed by atoms with Crippen LogP contribution in [0.25, 0.3) is 21.3 Å². The fourth-order valence-electron chi connectivity index (χ4n) is 4.71. The number of Topliss-reactive ketones (excluding diaryl/α,β-unsaturated/α-hetero) is 1. The summed E-state index contributed by atoms with van der Waals surface area (Å²) in [5.41, 5.74) is 1.70. The number of anilines is 2. The zero-order valence-corrected chi connectivity index (χ0v) is 20.4. The predicted octanol–water partition coefficient (Wildman–Crippen LogP) is 7.43. The van der Waals surface area contributed by atoms with Gasteiger partial charge in [-0.1, -0.05) is 54.2 Å². The highest BCUT2D eigenvalue weighted by molar-refractivity contribution is 7.22. The average molecular weight is 545 g/mol. The van der Waals surface area contributed by atoms with Gasteiger partial charge in [0.25, 0.3) is 0 Å². The van der Waals surface area contributed by atoms with Crippen LogP contribution in [-0.4, -0.2) is 28.2 Å². The molecule has 2 atom stereocenters. The molecule has 0 bridgehead atoms. The van der Waals surface area contributed by atoms with Gasteiger partial charge in [-0.3, -0.25) is 9.59 Å². The lowest BCUT2D eigenvalue weighted by molar-refractivity contribution is -0.274. The summed E-state index contributed by atoms with van der Waals surface area (Å²) < 4.78 is 57.4. The van der Waals surface area contributed by atoms with Crippen LogP contribution in [0.3, 0.4) is 0 Å². The summed E-state index contributed by atoms with van der Waals surface area (Å²) in [5.74, 6) is -3.42. The van der Waals surface area contributed by atoms with Gasteiger partial charge < -0.3 is 15.2 Å². The topological polar surface area (TPSA) is 88.5 Å². The number of benzene rings is 3. The number of nitrogens with one attached hydrogen (secondary N) is 1. The quantitative estimate of drug-likeness (QED) is 0.186. The molecule has 1 saturated carbocycles. The summed E-state index contributed by atoms with van der Waals surface area (Å²) in [6, 6.07) is 15.2. The van der Waals surface area contributed by atoms with Gasteiger partial charge in [-0.15, -0.1) is 13.2 Å². The van der Waals surface area contributed by atoms with Gasteiger partial charge in [0.2, 0.25) is 0 Å². The number of carboxylic acids is 1. The van der Waals surface area contributed by atoms with Crippen molar-refractivity contribution in [2.45, 2.75) is 25.6 Å². The van der Waals surface area contributed by atoms with E-state index < -0.39 is 35.7 Å². The summed E-state index contributed by atoms with van der Waals surface area (Å²) in [5, 5.41) is 12.4. The van der Waals surface area contributed by atoms with E-state index in [1.807, 2.05) is 0 Å². The van der Waals surface area contributed by atoms with Crippen LogP contribution in [0.2, 0.25) is 0 Å². The lowest BCUT2D eigenvalue weighted by Gasteiger charge is -2.15. The van der Waals surface area contributed by atoms with Crippen molar-refractivity contribution in [2.75, 3.05) is 5.32 Å². The van der Waals surface area contributed by atoms with Crippen molar-refractivity contribution in [3.05, 3.63) is 72.0 Å². The number of fused-ring (bicyclic) bond motifs is 1. The third-order valence-electron chi connectivity index (χ3n) is 6.49. The first-order valence-electron chi connectivity index (χ1n) is 11.7. The Hall–Kier alpha value is -3.99. The van der Waals surface area contributed by atoms with E-state index in [4.69, 9.17) is 0 Å². The molecule has 196 valence electrons. The highest BCUT2D eigenvalue weighted by atomic mass is 32.1. The Bertz CT molecular complexity index is 1520. The van der Waals surface area contributed by atoms with Gasteiger partial charge in [0, 0.05) is 11.5 Å². The third-order valence-corrected chi connectivity index (χ3v) is 7.43. The van der Waals surface area contributed by atoms with Crippen LogP contribution in [0.1, 0.15) is 29.6 Å². The summed E-state index contributed by atoms with van der Waals surface area (Å²) in [6.07, 6.45) is -3.13. The SMILES string of the molecule is O=C(O)[C@@H]1CCC[C@H]1C(=O)c1ccc(-c2ccc(Nc3nc4c(OC(F)(F)F)cccc4s3)c(F)c2)cc1. The number of carbonyl (C=O) groups is 2. The molecular weight excluding hydrogens is 524 g/mol. The highest BCUT2D eigenvalue weighted by Crippen LogP contribution is 2.37. The maximum absolute atomic E-state index is 14.9. The number of hydrogen-bond donors (Lipinski definition) is 2. The summed E-state index contributed by atoms with van der Waals surface area (Å²) >= 11 is 1.05. The molecular formula is C27H20F4N2O4S. The van der Waals surface area contributed by atoms with Crippen molar-refractivity contribution in [1.29, 1.82) is 0 Å². The number of aromatic nitrogens is 1. The second-order valence-corrected chi connectivity index (χ2v) is 9.94. The van der Waals surface area contributed by atoms with Gasteiger partial charge in [0.15, 0.2) is 16.7 Å². The molecule has 11 heteroatoms. The Labute approximate surface area is 217 Å². The molecule has 38 heavy (non-hydrogen) atoms. The molecule has 0 aliphatic heterocycles. The first-order chi connectivity index (χ1) is 18.1. The van der Waals surface area contributed by atoms with Crippen LogP contribution < -0.4 is 10.1 Å². The number of ether oxygens (including phenoxy) is 1. The first kappa shape index (κ1) is 25.7. The molecule has 1 heterocycles. The molecule has 4 aromatic rings. The van der Waals surface area contributed by atoms with Crippen molar-refractivity contribution in [2.24, 2.45) is 11.8 Å². The summed E-state index contributed by atoms with van der Waals surface area (Å²) in [6.45, 7) is 0. The van der Waals surface area contributed by atoms with Gasteiger partial charge >= 0.3 is 12.3 Å². The van der Waals surface area contributed by atoms with Gasteiger partial charge in [0.05, 0.1) is 16.3 Å². The first-order valence-corrected chi connectivity index (χ1v) is 12.5. The van der Waals surface area contributed by atoms with Gasteiger partial charge in [-0.05, 0) is 48.2 Å². The van der Waals surface area contributed by atoms with E-state index >= 15 is 0 Å². The van der Waals surface area contributed by atoms with Crippen LogP contribution in [0, 0.1) is 17.7 Å². The Balaban J connectivity index is 1.32. The molecule has 1 fully saturated rings. The minimum absolute atomic E-state index is 0.0104. The number of nitrogens with zero attached hydrogens (tertiary/aromatic N) is 1. The lowest BCUT2D eigenvalue weighted by Crippen LogP contribution is -2.25. The minimum atomic E-state index is -4.86. The number of carboxylic acid groups (broad SMARTS) is 1. The van der Waals surface area contributed by atoms with E-state index in [0.29, 0.717) is 40.7 Å². The average Bonchev–Trinajstić information content (AvgIpc) is 3.52. The van der Waals surface area contributed by atoms with Crippen molar-refractivity contribution in [3.63, 3.8) is 0 Å². The monoisotopic (exact) mass is 544 g/mol. The van der Waals surface area contributed by atoms with E-state index in [0.717, 1.165) is 17.4 Å². The Morgan fingerprint density at radius 3 is 2.39 bits per heavy atom. The van der Waals surface area contributed by atoms with Gasteiger partial charge in [0.1, 0.15) is 11.3 Å². The number of carbonyl (C=O) groups excluding carboxylic acids is 1. The number of halogens is 4. The van der Waals surface area contributed by atoms with E-state index in [9.17, 15) is 32.3 Å². The zero-order chi connectivity index (χ0) is 27.0. The number of aliphatic carboxylic acids is 1. The zero-order valence-electron chi connectivity index (χ0n) is 19.6. The second kappa shape index (κ2) is 10.1. The van der Waals surface area contributed by atoms with E-state index in [-0.39, 0.29) is 22.1 Å². The van der Waals surface area contributed by atoms with E-state index in [1.54, 1.807) is 36.4 Å². The van der Waals surface area contributed by atoms with Crippen LogP contribution in [0.15, 0.2) is 60.7 Å². The Morgan fingerprint density at radius 2 is 1.71 bits per heavy atom. The van der Waals surface area contributed by atoms with Crippen molar-refractivity contribution < 1.29 is 37.0 Å². The number of hydrogen-bond acceptors (Lipinski definition) is 6. The summed E-state index contributed by atoms with van der Waals surface area (Å²) in [4.78, 5) is 28.4. The molecule has 5 rings (SSSR count). The third kappa shape index (κ3) is 5.33. The maximum Gasteiger partial charge on any atom is 0.573 e. The molecule has 0 radical (unpaired) electrons. The fourth-order valence-corrected chi connectivity index (χ4v) is 5.60. The number of alkyl halides is 3. The smallest absolute Gasteiger partial charge is 0.481 e. The number of ketones is 1. The number of rotatable bonds is 7. The fraction of sp³-hybridized carbons (Fsp3) is 0.222. The van der Waals surface area contributed by atoms with Crippen molar-refractivity contribution in [1.82, 2.24) is 4.98 Å². The highest BCUT2D eigenvalue weighted by Gasteiger charge is 2.38. The molecule has 1 aliphatic carbocycles. The van der Waals surface area contributed by atoms with E-state index in [1.165, 1.54) is 18.2 Å². The van der Waals surface area contributed by atoms with Crippen molar-refractivity contribution in [3.8, 4) is 16.9 Å². The van der Waals surface area contributed by atoms with E-state index in [2.05, 4.69) is 15.0 Å². The molecule has 1 aliphatic rings. The Morgan fingerprint density at radius 1 is 1.00 bits per heavy atom. The van der Waals surface area contributed by atoms with Gasteiger partial charge in [-0.2, -0.15) is 0 Å². The summed E-state index contributed by atoms with van der Waals surface area (Å²) in [7, 11) is 0. The largest absolute Gasteiger partial charge is 0.573 e. The molecule has 1 aromatic heterocycles. The van der Waals surface area contributed by atoms with Crippen LogP contribution in [-0.2, 0) is 4.79 Å². The molecule has 0 spiro atoms. The van der Waals surface area contributed by atoms with Gasteiger partial charge in [-0.25, -0.2) is 9.37 Å². The number of thiazole rings is 1. The molecule has 0 amide bonds. The van der Waals surface area contributed by atoms with Crippen LogP contribution in [0.5, 0.6) is 5.75 Å². The lowest BCUT2D eigenvalue weighted by atomic mass is 9.88. The Kier molecular flexibility index (Phi) is 6.78. The second-order valence-electron chi connectivity index (χ2n) is 8.91. The molecule has 0 unspecified atom stereocenters.